The number of amides is 2. The van der Waals surface area contributed by atoms with Gasteiger partial charge in [0.1, 0.15) is 0 Å². The van der Waals surface area contributed by atoms with Crippen molar-refractivity contribution in [3.05, 3.63) is 29.8 Å². The van der Waals surface area contributed by atoms with Gasteiger partial charge in [-0.15, -0.1) is 0 Å². The van der Waals surface area contributed by atoms with E-state index in [9.17, 15) is 9.59 Å². The zero-order valence-electron chi connectivity index (χ0n) is 16.5. The van der Waals surface area contributed by atoms with Crippen LogP contribution >= 0.6 is 0 Å². The van der Waals surface area contributed by atoms with Gasteiger partial charge in [-0.1, -0.05) is 25.0 Å². The molecule has 1 aromatic rings. The molecule has 1 saturated carbocycles. The fraction of sp³-hybridized carbons (Fsp3) is 0.619. The van der Waals surface area contributed by atoms with Crippen LogP contribution in [0.15, 0.2) is 24.3 Å². The van der Waals surface area contributed by atoms with Gasteiger partial charge in [0, 0.05) is 32.4 Å². The van der Waals surface area contributed by atoms with Gasteiger partial charge >= 0.3 is 11.8 Å². The Morgan fingerprint density at radius 2 is 1.67 bits per heavy atom. The standard InChI is InChI=1S/C21H32N4O2/c1-24(2)18-11-9-16(10-12-18)19(25-13-5-6-14-25)15-22-20(26)21(27)23-17-7-3-4-8-17/h9-12,17,19H,3-8,13-15H2,1-2H3,(H,22,26)(H,23,27). The Balaban J connectivity index is 1.61. The highest BCUT2D eigenvalue weighted by Gasteiger charge is 2.26. The molecule has 0 aromatic heterocycles. The van der Waals surface area contributed by atoms with E-state index in [1.165, 1.54) is 18.4 Å². The fourth-order valence-electron chi connectivity index (χ4n) is 4.10. The molecule has 1 unspecified atom stereocenters. The van der Waals surface area contributed by atoms with Crippen LogP contribution in [0.25, 0.3) is 0 Å². The number of hydrogen-bond donors (Lipinski definition) is 2. The first kappa shape index (κ1) is 19.7. The van der Waals surface area contributed by atoms with Gasteiger partial charge in [-0.05, 0) is 56.5 Å². The minimum absolute atomic E-state index is 0.104. The summed E-state index contributed by atoms with van der Waals surface area (Å²) in [7, 11) is 4.05. The van der Waals surface area contributed by atoms with Gasteiger partial charge in [-0.3, -0.25) is 14.5 Å². The van der Waals surface area contributed by atoms with E-state index in [0.29, 0.717) is 6.54 Å². The maximum Gasteiger partial charge on any atom is 0.309 e. The molecule has 1 aliphatic heterocycles. The van der Waals surface area contributed by atoms with Crippen molar-refractivity contribution in [2.75, 3.05) is 38.6 Å². The van der Waals surface area contributed by atoms with Gasteiger partial charge in [0.05, 0.1) is 6.04 Å². The summed E-state index contributed by atoms with van der Waals surface area (Å²) in [5, 5.41) is 5.73. The van der Waals surface area contributed by atoms with E-state index in [-0.39, 0.29) is 12.1 Å². The van der Waals surface area contributed by atoms with Crippen LogP contribution in [0.4, 0.5) is 5.69 Å². The summed E-state index contributed by atoms with van der Waals surface area (Å²) >= 11 is 0. The highest BCUT2D eigenvalue weighted by molar-refractivity contribution is 6.35. The van der Waals surface area contributed by atoms with Crippen LogP contribution in [-0.2, 0) is 9.59 Å². The summed E-state index contributed by atoms with van der Waals surface area (Å²) in [4.78, 5) is 28.9. The maximum absolute atomic E-state index is 12.3. The normalized spacial score (nSPS) is 19.0. The molecule has 1 aliphatic carbocycles. The van der Waals surface area contributed by atoms with Crippen molar-refractivity contribution in [1.29, 1.82) is 0 Å². The Morgan fingerprint density at radius 1 is 1.04 bits per heavy atom. The molecule has 148 valence electrons. The van der Waals surface area contributed by atoms with Crippen molar-refractivity contribution in [2.24, 2.45) is 0 Å². The third kappa shape index (κ3) is 5.22. The van der Waals surface area contributed by atoms with Crippen molar-refractivity contribution in [3.8, 4) is 0 Å². The molecule has 2 aliphatic rings. The molecule has 3 rings (SSSR count). The fourth-order valence-corrected chi connectivity index (χ4v) is 4.10. The molecule has 2 N–H and O–H groups in total. The first-order valence-electron chi connectivity index (χ1n) is 10.1. The maximum atomic E-state index is 12.3. The quantitative estimate of drug-likeness (QED) is 0.751. The van der Waals surface area contributed by atoms with E-state index >= 15 is 0 Å². The van der Waals surface area contributed by atoms with E-state index in [1.807, 2.05) is 14.1 Å². The van der Waals surface area contributed by atoms with Gasteiger partial charge in [0.2, 0.25) is 0 Å². The second-order valence-corrected chi connectivity index (χ2v) is 7.91. The SMILES string of the molecule is CN(C)c1ccc(C(CNC(=O)C(=O)NC2CCCC2)N2CCCC2)cc1. The molecule has 0 radical (unpaired) electrons. The number of nitrogens with zero attached hydrogens (tertiary/aromatic N) is 2. The van der Waals surface area contributed by atoms with Crippen molar-refractivity contribution in [2.45, 2.75) is 50.6 Å². The molecule has 1 aromatic carbocycles. The lowest BCUT2D eigenvalue weighted by Crippen LogP contribution is -2.46. The van der Waals surface area contributed by atoms with Crippen molar-refractivity contribution < 1.29 is 9.59 Å². The van der Waals surface area contributed by atoms with E-state index in [4.69, 9.17) is 0 Å². The molecular weight excluding hydrogens is 340 g/mol. The number of benzene rings is 1. The number of nitrogens with one attached hydrogen (secondary N) is 2. The first-order chi connectivity index (χ1) is 13.0. The predicted molar refractivity (Wildman–Crippen MR) is 108 cm³/mol. The van der Waals surface area contributed by atoms with Crippen LogP contribution in [0.5, 0.6) is 0 Å². The number of carbonyl (C=O) groups excluding carboxylic acids is 2. The van der Waals surface area contributed by atoms with Crippen LogP contribution in [0, 0.1) is 0 Å². The lowest BCUT2D eigenvalue weighted by molar-refractivity contribution is -0.139. The van der Waals surface area contributed by atoms with Crippen LogP contribution in [0.2, 0.25) is 0 Å². The third-order valence-electron chi connectivity index (χ3n) is 5.73. The summed E-state index contributed by atoms with van der Waals surface area (Å²) < 4.78 is 0. The number of hydrogen-bond acceptors (Lipinski definition) is 4. The number of rotatable bonds is 6. The van der Waals surface area contributed by atoms with E-state index in [2.05, 4.69) is 44.7 Å². The summed E-state index contributed by atoms with van der Waals surface area (Å²) in [5.74, 6) is -1.01. The summed E-state index contributed by atoms with van der Waals surface area (Å²) in [5.41, 5.74) is 2.33. The predicted octanol–water partition coefficient (Wildman–Crippen LogP) is 2.06. The molecule has 1 heterocycles. The minimum atomic E-state index is -0.518. The van der Waals surface area contributed by atoms with Gasteiger partial charge in [-0.2, -0.15) is 0 Å². The zero-order chi connectivity index (χ0) is 19.2. The molecule has 0 spiro atoms. The van der Waals surface area contributed by atoms with Crippen molar-refractivity contribution >= 4 is 17.5 Å². The molecule has 2 amide bonds. The summed E-state index contributed by atoms with van der Waals surface area (Å²) in [6.45, 7) is 2.52. The van der Waals surface area contributed by atoms with E-state index in [0.717, 1.165) is 44.5 Å². The Labute approximate surface area is 162 Å². The highest BCUT2D eigenvalue weighted by Crippen LogP contribution is 2.26. The number of likely N-dealkylation sites (tertiary alicyclic amines) is 1. The van der Waals surface area contributed by atoms with Gasteiger partial charge in [0.15, 0.2) is 0 Å². The van der Waals surface area contributed by atoms with Crippen LogP contribution in [0.3, 0.4) is 0 Å². The largest absolute Gasteiger partial charge is 0.378 e. The third-order valence-corrected chi connectivity index (χ3v) is 5.73. The highest BCUT2D eigenvalue weighted by atomic mass is 16.2. The van der Waals surface area contributed by atoms with Crippen molar-refractivity contribution in [3.63, 3.8) is 0 Å². The Bertz CT molecular complexity index is 632. The summed E-state index contributed by atoms with van der Waals surface area (Å²) in [6.07, 6.45) is 6.59. The Hall–Kier alpha value is -2.08. The molecule has 1 saturated heterocycles. The smallest absolute Gasteiger partial charge is 0.309 e. The van der Waals surface area contributed by atoms with E-state index < -0.39 is 11.8 Å². The Kier molecular flexibility index (Phi) is 6.72. The summed E-state index contributed by atoms with van der Waals surface area (Å²) in [6, 6.07) is 8.73. The van der Waals surface area contributed by atoms with Gasteiger partial charge in [0.25, 0.3) is 0 Å². The monoisotopic (exact) mass is 372 g/mol. The minimum Gasteiger partial charge on any atom is -0.378 e. The van der Waals surface area contributed by atoms with Crippen LogP contribution in [0.1, 0.15) is 50.1 Å². The van der Waals surface area contributed by atoms with Gasteiger partial charge in [-0.25, -0.2) is 0 Å². The second-order valence-electron chi connectivity index (χ2n) is 7.91. The second kappa shape index (κ2) is 9.22. The first-order valence-corrected chi connectivity index (χ1v) is 10.1. The molecule has 2 fully saturated rings. The van der Waals surface area contributed by atoms with E-state index in [1.54, 1.807) is 0 Å². The molecular formula is C21H32N4O2. The lowest BCUT2D eigenvalue weighted by atomic mass is 10.0. The van der Waals surface area contributed by atoms with Crippen molar-refractivity contribution in [1.82, 2.24) is 15.5 Å². The molecule has 6 nitrogen and oxygen atoms in total. The van der Waals surface area contributed by atoms with Crippen LogP contribution < -0.4 is 15.5 Å². The average molecular weight is 373 g/mol. The lowest BCUT2D eigenvalue weighted by Gasteiger charge is -2.28. The molecule has 27 heavy (non-hydrogen) atoms. The number of carbonyl (C=O) groups is 2. The van der Waals surface area contributed by atoms with Crippen LogP contribution in [-0.4, -0.2) is 56.5 Å². The molecule has 1 atom stereocenters. The van der Waals surface area contributed by atoms with Gasteiger partial charge < -0.3 is 15.5 Å². The number of anilines is 1. The zero-order valence-corrected chi connectivity index (χ0v) is 16.5. The molecule has 0 bridgehead atoms. The topological polar surface area (TPSA) is 64.7 Å². The average Bonchev–Trinajstić information content (AvgIpc) is 3.36. The molecule has 6 heteroatoms. The Morgan fingerprint density at radius 3 is 2.26 bits per heavy atom.